The van der Waals surface area contributed by atoms with E-state index in [0.29, 0.717) is 17.1 Å². The normalized spacial score (nSPS) is 11.4. The molecular weight excluding hydrogens is 390 g/mol. The van der Waals surface area contributed by atoms with Crippen LogP contribution in [0.5, 0.6) is 11.5 Å². The first-order valence-electron chi connectivity index (χ1n) is 9.03. The number of methoxy groups -OCH3 is 2. The van der Waals surface area contributed by atoms with Crippen LogP contribution in [0, 0.1) is 0 Å². The number of carbonyl (C=O) groups is 2. The summed E-state index contributed by atoms with van der Waals surface area (Å²) in [6, 6.07) is 14.2. The van der Waals surface area contributed by atoms with E-state index in [9.17, 15) is 14.7 Å². The van der Waals surface area contributed by atoms with Crippen molar-refractivity contribution in [3.05, 3.63) is 72.0 Å². The lowest BCUT2D eigenvalue weighted by molar-refractivity contribution is -0.139. The highest BCUT2D eigenvalue weighted by atomic mass is 16.5. The van der Waals surface area contributed by atoms with Gasteiger partial charge in [0.1, 0.15) is 23.9 Å². The summed E-state index contributed by atoms with van der Waals surface area (Å²) in [6.07, 6.45) is 0.609. The molecule has 8 heteroatoms. The average molecular weight is 411 g/mol. The van der Waals surface area contributed by atoms with Gasteiger partial charge in [0.15, 0.2) is 6.04 Å². The molecule has 0 unspecified atom stereocenters. The van der Waals surface area contributed by atoms with Crippen LogP contribution in [-0.2, 0) is 16.1 Å². The summed E-state index contributed by atoms with van der Waals surface area (Å²) in [5.74, 6) is -0.212. The minimum atomic E-state index is -1.44. The molecule has 30 heavy (non-hydrogen) atoms. The van der Waals surface area contributed by atoms with Gasteiger partial charge in [0.2, 0.25) is 0 Å². The van der Waals surface area contributed by atoms with Crippen molar-refractivity contribution in [1.82, 2.24) is 5.32 Å². The van der Waals surface area contributed by atoms with Crippen LogP contribution in [-0.4, -0.2) is 31.4 Å². The molecule has 0 saturated heterocycles. The second kappa shape index (κ2) is 9.51. The van der Waals surface area contributed by atoms with Gasteiger partial charge in [-0.2, -0.15) is 0 Å². The highest BCUT2D eigenvalue weighted by Gasteiger charge is 2.29. The number of rotatable bonds is 8. The first-order valence-corrected chi connectivity index (χ1v) is 9.03. The van der Waals surface area contributed by atoms with Crippen molar-refractivity contribution in [3.8, 4) is 22.8 Å². The van der Waals surface area contributed by atoms with Crippen molar-refractivity contribution in [3.63, 3.8) is 0 Å². The van der Waals surface area contributed by atoms with Gasteiger partial charge in [-0.1, -0.05) is 30.3 Å². The van der Waals surface area contributed by atoms with Gasteiger partial charge in [0.05, 0.1) is 26.0 Å². The SMILES string of the molecule is COc1cc(-c2ccco2)c(OC)c([C@@H](NC(=O)OCc2ccccc2)C(=O)O)c1. The van der Waals surface area contributed by atoms with E-state index in [0.717, 1.165) is 5.56 Å². The molecule has 0 saturated carbocycles. The molecule has 2 aromatic carbocycles. The van der Waals surface area contributed by atoms with Gasteiger partial charge < -0.3 is 29.1 Å². The Kier molecular flexibility index (Phi) is 6.59. The molecule has 1 atom stereocenters. The van der Waals surface area contributed by atoms with Gasteiger partial charge in [-0.05, 0) is 29.8 Å². The molecule has 0 aliphatic carbocycles. The number of amides is 1. The van der Waals surface area contributed by atoms with E-state index in [1.807, 2.05) is 18.2 Å². The molecule has 1 amide bonds. The Morgan fingerprint density at radius 3 is 2.43 bits per heavy atom. The van der Waals surface area contributed by atoms with Gasteiger partial charge in [-0.15, -0.1) is 0 Å². The highest BCUT2D eigenvalue weighted by Crippen LogP contribution is 2.40. The zero-order valence-electron chi connectivity index (χ0n) is 16.5. The lowest BCUT2D eigenvalue weighted by Crippen LogP contribution is -2.34. The van der Waals surface area contributed by atoms with Crippen LogP contribution >= 0.6 is 0 Å². The smallest absolute Gasteiger partial charge is 0.408 e. The van der Waals surface area contributed by atoms with E-state index in [2.05, 4.69) is 5.32 Å². The first-order chi connectivity index (χ1) is 14.5. The van der Waals surface area contributed by atoms with Crippen molar-refractivity contribution in [2.45, 2.75) is 12.6 Å². The lowest BCUT2D eigenvalue weighted by Gasteiger charge is -2.20. The summed E-state index contributed by atoms with van der Waals surface area (Å²) in [6.45, 7) is 0.00586. The molecule has 1 heterocycles. The number of hydrogen-bond acceptors (Lipinski definition) is 6. The standard InChI is InChI=1S/C22H21NO7/c1-27-15-11-16(18-9-6-10-29-18)20(28-2)17(12-15)19(21(24)25)23-22(26)30-13-14-7-4-3-5-8-14/h3-12,19H,13H2,1-2H3,(H,23,26)(H,24,25)/t19-/m1/s1. The summed E-state index contributed by atoms with van der Waals surface area (Å²) in [5.41, 5.74) is 1.45. The summed E-state index contributed by atoms with van der Waals surface area (Å²) in [5, 5.41) is 12.2. The fraction of sp³-hybridized carbons (Fsp3) is 0.182. The third kappa shape index (κ3) is 4.72. The number of ether oxygens (including phenoxy) is 3. The minimum Gasteiger partial charge on any atom is -0.497 e. The second-order valence-electron chi connectivity index (χ2n) is 6.25. The topological polar surface area (TPSA) is 107 Å². The number of furan rings is 1. The van der Waals surface area contributed by atoms with Crippen molar-refractivity contribution in [1.29, 1.82) is 0 Å². The van der Waals surface area contributed by atoms with Gasteiger partial charge in [-0.3, -0.25) is 0 Å². The number of hydrogen-bond donors (Lipinski definition) is 2. The fourth-order valence-electron chi connectivity index (χ4n) is 2.95. The van der Waals surface area contributed by atoms with Gasteiger partial charge in [0, 0.05) is 5.56 Å². The Hall–Kier alpha value is -3.94. The number of carboxylic acids is 1. The summed E-state index contributed by atoms with van der Waals surface area (Å²) < 4.78 is 21.4. The third-order valence-corrected chi connectivity index (χ3v) is 4.35. The Bertz CT molecular complexity index is 1000. The summed E-state index contributed by atoms with van der Waals surface area (Å²) in [4.78, 5) is 24.3. The van der Waals surface area contributed by atoms with Gasteiger partial charge in [-0.25, -0.2) is 9.59 Å². The van der Waals surface area contributed by atoms with Crippen LogP contribution in [0.15, 0.2) is 65.3 Å². The predicted octanol–water partition coefficient (Wildman–Crippen LogP) is 4.02. The number of aliphatic carboxylic acids is 1. The van der Waals surface area contributed by atoms with Crippen LogP contribution in [0.1, 0.15) is 17.2 Å². The molecule has 2 N–H and O–H groups in total. The zero-order chi connectivity index (χ0) is 21.5. The molecule has 3 rings (SSSR count). The number of carbonyl (C=O) groups excluding carboxylic acids is 1. The van der Waals surface area contributed by atoms with Gasteiger partial charge >= 0.3 is 12.1 Å². The van der Waals surface area contributed by atoms with E-state index in [-0.39, 0.29) is 17.9 Å². The summed E-state index contributed by atoms with van der Waals surface area (Å²) >= 11 is 0. The fourth-order valence-corrected chi connectivity index (χ4v) is 2.95. The van der Waals surface area contributed by atoms with Crippen molar-refractivity contribution in [2.75, 3.05) is 14.2 Å². The number of alkyl carbamates (subject to hydrolysis) is 1. The van der Waals surface area contributed by atoms with E-state index in [1.165, 1.54) is 26.5 Å². The predicted molar refractivity (Wildman–Crippen MR) is 107 cm³/mol. The molecule has 0 spiro atoms. The quantitative estimate of drug-likeness (QED) is 0.576. The Morgan fingerprint density at radius 2 is 1.83 bits per heavy atom. The molecule has 8 nitrogen and oxygen atoms in total. The maximum atomic E-state index is 12.3. The maximum absolute atomic E-state index is 12.3. The average Bonchev–Trinajstić information content (AvgIpc) is 3.30. The van der Waals surface area contributed by atoms with Crippen LogP contribution in [0.4, 0.5) is 4.79 Å². The van der Waals surface area contributed by atoms with Crippen molar-refractivity contribution < 1.29 is 33.3 Å². The first kappa shape index (κ1) is 20.8. The molecule has 0 aliphatic rings. The van der Waals surface area contributed by atoms with E-state index in [1.54, 1.807) is 30.3 Å². The van der Waals surface area contributed by atoms with Crippen LogP contribution in [0.2, 0.25) is 0 Å². The molecule has 0 bridgehead atoms. The third-order valence-electron chi connectivity index (χ3n) is 4.35. The van der Waals surface area contributed by atoms with E-state index < -0.39 is 18.1 Å². The van der Waals surface area contributed by atoms with Gasteiger partial charge in [0.25, 0.3) is 0 Å². The number of benzene rings is 2. The lowest BCUT2D eigenvalue weighted by atomic mass is 10.00. The van der Waals surface area contributed by atoms with Crippen molar-refractivity contribution in [2.24, 2.45) is 0 Å². The molecule has 0 radical (unpaired) electrons. The Balaban J connectivity index is 1.90. The minimum absolute atomic E-state index is 0.00586. The largest absolute Gasteiger partial charge is 0.497 e. The van der Waals surface area contributed by atoms with E-state index in [4.69, 9.17) is 18.6 Å². The van der Waals surface area contributed by atoms with E-state index >= 15 is 0 Å². The number of carboxylic acid groups (broad SMARTS) is 1. The second-order valence-corrected chi connectivity index (χ2v) is 6.25. The monoisotopic (exact) mass is 411 g/mol. The van der Waals surface area contributed by atoms with Crippen molar-refractivity contribution >= 4 is 12.1 Å². The zero-order valence-corrected chi connectivity index (χ0v) is 16.5. The molecule has 3 aromatic rings. The Labute approximate surface area is 173 Å². The summed E-state index contributed by atoms with van der Waals surface area (Å²) in [7, 11) is 2.86. The molecule has 156 valence electrons. The number of nitrogens with one attached hydrogen (secondary N) is 1. The Morgan fingerprint density at radius 1 is 1.07 bits per heavy atom. The van der Waals surface area contributed by atoms with Crippen LogP contribution in [0.3, 0.4) is 0 Å². The van der Waals surface area contributed by atoms with Crippen LogP contribution in [0.25, 0.3) is 11.3 Å². The molecular formula is C22H21NO7. The molecule has 0 aliphatic heterocycles. The van der Waals surface area contributed by atoms with Crippen LogP contribution < -0.4 is 14.8 Å². The molecule has 1 aromatic heterocycles. The molecule has 0 fully saturated rings. The maximum Gasteiger partial charge on any atom is 0.408 e. The highest BCUT2D eigenvalue weighted by molar-refractivity contribution is 5.84.